The van der Waals surface area contributed by atoms with E-state index in [0.717, 1.165) is 42.3 Å². The third-order valence-corrected chi connectivity index (χ3v) is 6.80. The highest BCUT2D eigenvalue weighted by molar-refractivity contribution is 6.30. The SMILES string of the molecule is C[C@@]1(C(=O)NC2CCCC2)Cn2c(nc3ccccc32)C(=O)N1Cc1cccc(Cl)c1. The average Bonchev–Trinajstić information content (AvgIpc) is 3.39. The molecule has 31 heavy (non-hydrogen) atoms. The van der Waals surface area contributed by atoms with Crippen LogP contribution in [0.2, 0.25) is 5.02 Å². The second kappa shape index (κ2) is 7.68. The van der Waals surface area contributed by atoms with Gasteiger partial charge in [-0.15, -0.1) is 0 Å². The molecule has 1 N–H and O–H groups in total. The lowest BCUT2D eigenvalue weighted by atomic mass is 9.93. The molecule has 0 unspecified atom stereocenters. The van der Waals surface area contributed by atoms with Crippen molar-refractivity contribution in [3.05, 3.63) is 64.9 Å². The quantitative estimate of drug-likeness (QED) is 0.667. The van der Waals surface area contributed by atoms with Gasteiger partial charge in [0.2, 0.25) is 5.91 Å². The highest BCUT2D eigenvalue weighted by atomic mass is 35.5. The zero-order chi connectivity index (χ0) is 21.6. The number of carbonyl (C=O) groups is 2. The Balaban J connectivity index is 1.57. The summed E-state index contributed by atoms with van der Waals surface area (Å²) >= 11 is 6.18. The van der Waals surface area contributed by atoms with Crippen LogP contribution in [0.5, 0.6) is 0 Å². The van der Waals surface area contributed by atoms with Crippen LogP contribution in [0, 0.1) is 0 Å². The van der Waals surface area contributed by atoms with Gasteiger partial charge in [0.1, 0.15) is 5.54 Å². The van der Waals surface area contributed by atoms with Crippen LogP contribution in [0.4, 0.5) is 0 Å². The molecule has 7 heteroatoms. The minimum atomic E-state index is -1.04. The minimum Gasteiger partial charge on any atom is -0.351 e. The number of amides is 2. The van der Waals surface area contributed by atoms with Crippen molar-refractivity contribution in [3.8, 4) is 0 Å². The van der Waals surface area contributed by atoms with E-state index >= 15 is 0 Å². The van der Waals surface area contributed by atoms with Crippen molar-refractivity contribution >= 4 is 34.4 Å². The summed E-state index contributed by atoms with van der Waals surface area (Å²) in [6.07, 6.45) is 4.24. The molecule has 1 aliphatic carbocycles. The zero-order valence-electron chi connectivity index (χ0n) is 17.5. The largest absolute Gasteiger partial charge is 0.351 e. The number of halogens is 1. The summed E-state index contributed by atoms with van der Waals surface area (Å²) < 4.78 is 1.89. The molecule has 6 nitrogen and oxygen atoms in total. The normalized spacial score (nSPS) is 21.5. The molecule has 160 valence electrons. The number of imidazole rings is 1. The van der Waals surface area contributed by atoms with Crippen molar-refractivity contribution in [1.29, 1.82) is 0 Å². The first-order valence-electron chi connectivity index (χ1n) is 10.8. The van der Waals surface area contributed by atoms with E-state index < -0.39 is 5.54 Å². The van der Waals surface area contributed by atoms with Gasteiger partial charge in [-0.1, -0.05) is 48.7 Å². The van der Waals surface area contributed by atoms with Crippen LogP contribution in [0.25, 0.3) is 11.0 Å². The predicted molar refractivity (Wildman–Crippen MR) is 120 cm³/mol. The number of rotatable bonds is 4. The summed E-state index contributed by atoms with van der Waals surface area (Å²) in [6, 6.07) is 15.3. The van der Waals surface area contributed by atoms with Gasteiger partial charge in [0.25, 0.3) is 5.91 Å². The number of para-hydroxylation sites is 2. The lowest BCUT2D eigenvalue weighted by molar-refractivity contribution is -0.133. The van der Waals surface area contributed by atoms with E-state index in [9.17, 15) is 9.59 Å². The number of nitrogens with one attached hydrogen (secondary N) is 1. The highest BCUT2D eigenvalue weighted by Crippen LogP contribution is 2.33. The third kappa shape index (κ3) is 3.49. The van der Waals surface area contributed by atoms with Gasteiger partial charge in [0.15, 0.2) is 5.82 Å². The molecular weight excluding hydrogens is 412 g/mol. The van der Waals surface area contributed by atoms with E-state index in [4.69, 9.17) is 11.6 Å². The Labute approximate surface area is 186 Å². The molecule has 3 aromatic rings. The van der Waals surface area contributed by atoms with Crippen LogP contribution < -0.4 is 5.32 Å². The standard InChI is InChI=1S/C24H25ClN4O2/c1-24(23(31)26-18-9-2-3-10-18)15-28-20-12-5-4-11-19(20)27-21(28)22(30)29(24)14-16-7-6-8-17(25)13-16/h4-8,11-13,18H,2-3,9-10,14-15H2,1H3,(H,26,31)/t24-/m0/s1. The van der Waals surface area contributed by atoms with Crippen LogP contribution in [0.1, 0.15) is 48.8 Å². The molecule has 2 aliphatic rings. The Bertz CT molecular complexity index is 1170. The van der Waals surface area contributed by atoms with Gasteiger partial charge in [0, 0.05) is 17.6 Å². The maximum atomic E-state index is 13.7. The highest BCUT2D eigenvalue weighted by Gasteiger charge is 2.48. The van der Waals surface area contributed by atoms with Crippen molar-refractivity contribution in [2.75, 3.05) is 0 Å². The van der Waals surface area contributed by atoms with E-state index in [1.54, 1.807) is 11.0 Å². The van der Waals surface area contributed by atoms with E-state index in [-0.39, 0.29) is 24.4 Å². The molecule has 0 saturated heterocycles. The van der Waals surface area contributed by atoms with Crippen molar-refractivity contribution in [2.45, 2.75) is 57.3 Å². The van der Waals surface area contributed by atoms with E-state index in [1.807, 2.05) is 54.0 Å². The average molecular weight is 437 g/mol. The molecule has 2 amide bonds. The maximum Gasteiger partial charge on any atom is 0.291 e. The number of hydrogen-bond acceptors (Lipinski definition) is 3. The number of hydrogen-bond donors (Lipinski definition) is 1. The van der Waals surface area contributed by atoms with Crippen LogP contribution in [-0.4, -0.2) is 37.8 Å². The minimum absolute atomic E-state index is 0.113. The predicted octanol–water partition coefficient (Wildman–Crippen LogP) is 4.16. The van der Waals surface area contributed by atoms with Crippen molar-refractivity contribution in [3.63, 3.8) is 0 Å². The van der Waals surface area contributed by atoms with Crippen LogP contribution in [0.3, 0.4) is 0 Å². The lowest BCUT2D eigenvalue weighted by Gasteiger charge is -2.44. The van der Waals surface area contributed by atoms with E-state index in [2.05, 4.69) is 10.3 Å². The molecule has 1 fully saturated rings. The summed E-state index contributed by atoms with van der Waals surface area (Å²) in [5, 5.41) is 3.82. The third-order valence-electron chi connectivity index (χ3n) is 6.56. The summed E-state index contributed by atoms with van der Waals surface area (Å²) in [6.45, 7) is 2.50. The Morgan fingerprint density at radius 1 is 1.19 bits per heavy atom. The Morgan fingerprint density at radius 2 is 1.97 bits per heavy atom. The molecule has 1 atom stereocenters. The number of fused-ring (bicyclic) bond motifs is 3. The van der Waals surface area contributed by atoms with Gasteiger partial charge in [-0.05, 0) is 49.6 Å². The van der Waals surface area contributed by atoms with Gasteiger partial charge in [-0.3, -0.25) is 9.59 Å². The summed E-state index contributed by atoms with van der Waals surface area (Å²) in [7, 11) is 0. The first-order chi connectivity index (χ1) is 15.0. The van der Waals surface area contributed by atoms with Gasteiger partial charge in [-0.25, -0.2) is 4.98 Å². The Morgan fingerprint density at radius 3 is 2.74 bits per heavy atom. The fourth-order valence-electron chi connectivity index (χ4n) is 4.81. The van der Waals surface area contributed by atoms with Crippen molar-refractivity contribution in [1.82, 2.24) is 19.8 Å². The smallest absolute Gasteiger partial charge is 0.291 e. The molecular formula is C24H25ClN4O2. The van der Waals surface area contributed by atoms with E-state index in [0.29, 0.717) is 17.4 Å². The van der Waals surface area contributed by atoms with Crippen LogP contribution in [0.15, 0.2) is 48.5 Å². The van der Waals surface area contributed by atoms with Gasteiger partial charge in [0.05, 0.1) is 17.6 Å². The molecule has 0 radical (unpaired) electrons. The number of carbonyl (C=O) groups excluding carboxylic acids is 2. The molecule has 2 aromatic carbocycles. The topological polar surface area (TPSA) is 67.2 Å². The molecule has 1 aliphatic heterocycles. The monoisotopic (exact) mass is 436 g/mol. The molecule has 0 bridgehead atoms. The number of nitrogens with zero attached hydrogens (tertiary/aromatic N) is 3. The summed E-state index contributed by atoms with van der Waals surface area (Å²) in [5.41, 5.74) is 1.46. The van der Waals surface area contributed by atoms with Gasteiger partial charge < -0.3 is 14.8 Å². The number of aromatic nitrogens is 2. The molecule has 1 aromatic heterocycles. The second-order valence-corrected chi connectivity index (χ2v) is 9.20. The molecule has 2 heterocycles. The van der Waals surface area contributed by atoms with Gasteiger partial charge in [-0.2, -0.15) is 0 Å². The fraction of sp³-hybridized carbons (Fsp3) is 0.375. The van der Waals surface area contributed by atoms with Crippen molar-refractivity contribution in [2.24, 2.45) is 0 Å². The summed E-state index contributed by atoms with van der Waals surface area (Å²) in [4.78, 5) is 33.5. The Hall–Kier alpha value is -2.86. The summed E-state index contributed by atoms with van der Waals surface area (Å²) in [5.74, 6) is 0.0130. The zero-order valence-corrected chi connectivity index (χ0v) is 18.2. The maximum absolute atomic E-state index is 13.7. The molecule has 5 rings (SSSR count). The first-order valence-corrected chi connectivity index (χ1v) is 11.2. The fourth-order valence-corrected chi connectivity index (χ4v) is 5.02. The van der Waals surface area contributed by atoms with E-state index in [1.165, 1.54) is 0 Å². The van der Waals surface area contributed by atoms with Crippen molar-refractivity contribution < 1.29 is 9.59 Å². The second-order valence-electron chi connectivity index (χ2n) is 8.76. The van der Waals surface area contributed by atoms with Crippen LogP contribution in [-0.2, 0) is 17.9 Å². The molecule has 0 spiro atoms. The first kappa shape index (κ1) is 20.1. The lowest BCUT2D eigenvalue weighted by Crippen LogP contribution is -2.64. The Kier molecular flexibility index (Phi) is 4.97. The van der Waals surface area contributed by atoms with Crippen LogP contribution >= 0.6 is 11.6 Å². The molecule has 1 saturated carbocycles. The van der Waals surface area contributed by atoms with Gasteiger partial charge >= 0.3 is 0 Å². The number of benzene rings is 2.